The van der Waals surface area contributed by atoms with Gasteiger partial charge >= 0.3 is 0 Å². The number of piperazine rings is 1. The summed E-state index contributed by atoms with van der Waals surface area (Å²) in [5.41, 5.74) is 1.24. The van der Waals surface area contributed by atoms with Crippen LogP contribution in [0.3, 0.4) is 0 Å². The van der Waals surface area contributed by atoms with Crippen LogP contribution >= 0.6 is 11.3 Å². The zero-order valence-corrected chi connectivity index (χ0v) is 13.7. The van der Waals surface area contributed by atoms with Gasteiger partial charge in [-0.3, -0.25) is 9.59 Å². The summed E-state index contributed by atoms with van der Waals surface area (Å²) in [5.74, 6) is -0.147. The predicted octanol–water partition coefficient (Wildman–Crippen LogP) is 2.43. The van der Waals surface area contributed by atoms with Crippen molar-refractivity contribution in [2.45, 2.75) is 13.0 Å². The molecule has 3 rings (SSSR count). The molecule has 0 aliphatic carbocycles. The predicted molar refractivity (Wildman–Crippen MR) is 92.1 cm³/mol. The second-order valence-corrected chi connectivity index (χ2v) is 6.51. The fourth-order valence-electron chi connectivity index (χ4n) is 2.64. The molecule has 0 unspecified atom stereocenters. The molecule has 1 aliphatic heterocycles. The molecule has 2 aromatic rings. The number of rotatable bonds is 3. The van der Waals surface area contributed by atoms with Crippen LogP contribution in [0.4, 0.5) is 5.69 Å². The van der Waals surface area contributed by atoms with Crippen molar-refractivity contribution in [1.29, 1.82) is 0 Å². The molecule has 0 spiro atoms. The van der Waals surface area contributed by atoms with E-state index in [1.165, 1.54) is 11.3 Å². The average molecular weight is 329 g/mol. The highest BCUT2D eigenvalue weighted by Gasteiger charge is 2.24. The van der Waals surface area contributed by atoms with Gasteiger partial charge in [-0.05, 0) is 36.6 Å². The summed E-state index contributed by atoms with van der Waals surface area (Å²) in [6, 6.07) is 10.9. The van der Waals surface area contributed by atoms with Crippen LogP contribution in [0, 0.1) is 0 Å². The van der Waals surface area contributed by atoms with Gasteiger partial charge in [-0.15, -0.1) is 11.3 Å². The molecular formula is C17H19N3O2S. The molecule has 2 amide bonds. The molecular weight excluding hydrogens is 310 g/mol. The minimum absolute atomic E-state index is 0.00576. The van der Waals surface area contributed by atoms with E-state index < -0.39 is 0 Å². The largest absolute Gasteiger partial charge is 0.333 e. The Bertz CT molecular complexity index is 700. The summed E-state index contributed by atoms with van der Waals surface area (Å²) in [6.07, 6.45) is 0. The molecule has 2 heterocycles. The maximum absolute atomic E-state index is 12.7. The van der Waals surface area contributed by atoms with Crippen LogP contribution in [0.1, 0.15) is 27.0 Å². The lowest BCUT2D eigenvalue weighted by Gasteiger charge is -2.34. The lowest BCUT2D eigenvalue weighted by atomic mass is 10.1. The number of thiophene rings is 1. The second-order valence-electron chi connectivity index (χ2n) is 5.56. The van der Waals surface area contributed by atoms with Gasteiger partial charge in [0.15, 0.2) is 0 Å². The molecule has 1 saturated heterocycles. The number of nitrogens with one attached hydrogen (secondary N) is 2. The van der Waals surface area contributed by atoms with Gasteiger partial charge in [-0.1, -0.05) is 12.1 Å². The molecule has 0 saturated carbocycles. The molecule has 5 nitrogen and oxygen atoms in total. The highest BCUT2D eigenvalue weighted by atomic mass is 32.1. The van der Waals surface area contributed by atoms with Gasteiger partial charge in [-0.25, -0.2) is 0 Å². The Hall–Kier alpha value is -2.18. The number of hydrogen-bond donors (Lipinski definition) is 2. The zero-order valence-electron chi connectivity index (χ0n) is 12.9. The minimum atomic E-state index is -0.153. The van der Waals surface area contributed by atoms with Gasteiger partial charge < -0.3 is 15.5 Å². The van der Waals surface area contributed by atoms with Crippen molar-refractivity contribution in [3.63, 3.8) is 0 Å². The first-order valence-corrected chi connectivity index (χ1v) is 8.50. The fourth-order valence-corrected chi connectivity index (χ4v) is 3.26. The van der Waals surface area contributed by atoms with E-state index in [2.05, 4.69) is 10.6 Å². The lowest BCUT2D eigenvalue weighted by molar-refractivity contribution is 0.0655. The van der Waals surface area contributed by atoms with E-state index in [0.29, 0.717) is 22.7 Å². The maximum atomic E-state index is 12.7. The van der Waals surface area contributed by atoms with Gasteiger partial charge in [0.1, 0.15) is 0 Å². The van der Waals surface area contributed by atoms with Crippen molar-refractivity contribution < 1.29 is 9.59 Å². The molecule has 1 fully saturated rings. The molecule has 0 bridgehead atoms. The van der Waals surface area contributed by atoms with E-state index in [0.717, 1.165) is 13.1 Å². The number of nitrogens with zero attached hydrogens (tertiary/aromatic N) is 1. The first kappa shape index (κ1) is 15.7. The van der Waals surface area contributed by atoms with Gasteiger partial charge in [-0.2, -0.15) is 0 Å². The standard InChI is InChI=1S/C17H19N3O2S/c1-12-11-18-7-8-20(12)17(22)13-4-2-5-14(10-13)19-16(21)15-6-3-9-23-15/h2-6,9-10,12,18H,7-8,11H2,1H3,(H,19,21)/t12-/m0/s1. The summed E-state index contributed by atoms with van der Waals surface area (Å²) >= 11 is 1.39. The van der Waals surface area contributed by atoms with Crippen molar-refractivity contribution in [2.24, 2.45) is 0 Å². The van der Waals surface area contributed by atoms with Crippen molar-refractivity contribution in [1.82, 2.24) is 10.2 Å². The van der Waals surface area contributed by atoms with Crippen molar-refractivity contribution in [3.05, 3.63) is 52.2 Å². The topological polar surface area (TPSA) is 61.4 Å². The van der Waals surface area contributed by atoms with Crippen LogP contribution in [-0.4, -0.2) is 42.4 Å². The monoisotopic (exact) mass is 329 g/mol. The number of hydrogen-bond acceptors (Lipinski definition) is 4. The van der Waals surface area contributed by atoms with E-state index in [4.69, 9.17) is 0 Å². The number of amides is 2. The number of carbonyl (C=O) groups is 2. The van der Waals surface area contributed by atoms with E-state index in [-0.39, 0.29) is 17.9 Å². The smallest absolute Gasteiger partial charge is 0.265 e. The van der Waals surface area contributed by atoms with Crippen LogP contribution < -0.4 is 10.6 Å². The first-order chi connectivity index (χ1) is 11.1. The van der Waals surface area contributed by atoms with Gasteiger partial charge in [0.2, 0.25) is 0 Å². The van der Waals surface area contributed by atoms with E-state index in [9.17, 15) is 9.59 Å². The molecule has 1 aromatic carbocycles. The Morgan fingerprint density at radius 3 is 2.91 bits per heavy atom. The van der Waals surface area contributed by atoms with Crippen molar-refractivity contribution in [2.75, 3.05) is 25.0 Å². The van der Waals surface area contributed by atoms with E-state index in [1.54, 1.807) is 30.3 Å². The average Bonchev–Trinajstić information content (AvgIpc) is 3.09. The number of carbonyl (C=O) groups excluding carboxylic acids is 2. The highest BCUT2D eigenvalue weighted by molar-refractivity contribution is 7.12. The molecule has 120 valence electrons. The van der Waals surface area contributed by atoms with Crippen LogP contribution in [0.5, 0.6) is 0 Å². The van der Waals surface area contributed by atoms with E-state index >= 15 is 0 Å². The van der Waals surface area contributed by atoms with Gasteiger partial charge in [0.05, 0.1) is 4.88 Å². The summed E-state index contributed by atoms with van der Waals surface area (Å²) in [4.78, 5) is 27.3. The van der Waals surface area contributed by atoms with E-state index in [1.807, 2.05) is 23.3 Å². The van der Waals surface area contributed by atoms with Gasteiger partial charge in [0, 0.05) is 36.9 Å². The Morgan fingerprint density at radius 2 is 2.17 bits per heavy atom. The van der Waals surface area contributed by atoms with Crippen LogP contribution in [-0.2, 0) is 0 Å². The fraction of sp³-hybridized carbons (Fsp3) is 0.294. The summed E-state index contributed by atoms with van der Waals surface area (Å²) < 4.78 is 0. The first-order valence-electron chi connectivity index (χ1n) is 7.62. The molecule has 0 radical (unpaired) electrons. The SMILES string of the molecule is C[C@H]1CNCCN1C(=O)c1cccc(NC(=O)c2cccs2)c1. The molecule has 1 aliphatic rings. The Labute approximate surface area is 139 Å². The number of anilines is 1. The zero-order chi connectivity index (χ0) is 16.2. The quantitative estimate of drug-likeness (QED) is 0.909. The number of benzene rings is 1. The second kappa shape index (κ2) is 6.93. The Morgan fingerprint density at radius 1 is 1.30 bits per heavy atom. The molecule has 1 aromatic heterocycles. The van der Waals surface area contributed by atoms with Crippen molar-refractivity contribution in [3.8, 4) is 0 Å². The van der Waals surface area contributed by atoms with Crippen LogP contribution in [0.25, 0.3) is 0 Å². The van der Waals surface area contributed by atoms with Crippen molar-refractivity contribution >= 4 is 28.8 Å². The Kier molecular flexibility index (Phi) is 4.73. The molecule has 23 heavy (non-hydrogen) atoms. The highest BCUT2D eigenvalue weighted by Crippen LogP contribution is 2.17. The lowest BCUT2D eigenvalue weighted by Crippen LogP contribution is -2.52. The molecule has 1 atom stereocenters. The summed E-state index contributed by atoms with van der Waals surface area (Å²) in [5, 5.41) is 7.98. The molecule has 6 heteroatoms. The van der Waals surface area contributed by atoms with Crippen LogP contribution in [0.2, 0.25) is 0 Å². The Balaban J connectivity index is 1.74. The maximum Gasteiger partial charge on any atom is 0.265 e. The third kappa shape index (κ3) is 3.60. The minimum Gasteiger partial charge on any atom is -0.333 e. The third-order valence-corrected chi connectivity index (χ3v) is 4.74. The molecule has 2 N–H and O–H groups in total. The third-order valence-electron chi connectivity index (χ3n) is 3.87. The van der Waals surface area contributed by atoms with Gasteiger partial charge in [0.25, 0.3) is 11.8 Å². The normalized spacial score (nSPS) is 17.8. The summed E-state index contributed by atoms with van der Waals surface area (Å²) in [6.45, 7) is 4.35. The summed E-state index contributed by atoms with van der Waals surface area (Å²) in [7, 11) is 0. The van der Waals surface area contributed by atoms with Crippen LogP contribution in [0.15, 0.2) is 41.8 Å².